The quantitative estimate of drug-likeness (QED) is 0.416. The van der Waals surface area contributed by atoms with Gasteiger partial charge in [0.1, 0.15) is 17.6 Å². The molecule has 1 unspecified atom stereocenters. The zero-order valence-corrected chi connectivity index (χ0v) is 24.6. The van der Waals surface area contributed by atoms with Crippen LogP contribution >= 0.6 is 11.8 Å². The number of carbonyl (C=O) groups excluding carboxylic acids is 3. The molecular weight excluding hydrogens is 564 g/mol. The van der Waals surface area contributed by atoms with Gasteiger partial charge in [-0.2, -0.15) is 4.99 Å². The molecule has 1 atom stereocenters. The van der Waals surface area contributed by atoms with E-state index in [9.17, 15) is 14.4 Å². The lowest BCUT2D eigenvalue weighted by molar-refractivity contribution is -0.134. The molecule has 0 saturated carbocycles. The molecular formula is C32H32N6O4S. The maximum Gasteiger partial charge on any atom is 0.271 e. The number of benzene rings is 3. The number of rotatable bonds is 8. The number of nitrogens with one attached hydrogen (secondary N) is 1. The molecule has 220 valence electrons. The van der Waals surface area contributed by atoms with Crippen molar-refractivity contribution < 1.29 is 19.1 Å². The minimum atomic E-state index is -0.816. The molecule has 3 aromatic rings. The van der Waals surface area contributed by atoms with Crippen molar-refractivity contribution in [2.75, 3.05) is 48.8 Å². The van der Waals surface area contributed by atoms with Crippen LogP contribution in [0.2, 0.25) is 0 Å². The van der Waals surface area contributed by atoms with E-state index in [1.165, 1.54) is 11.8 Å². The monoisotopic (exact) mass is 596 g/mol. The third-order valence-electron chi connectivity index (χ3n) is 7.51. The summed E-state index contributed by atoms with van der Waals surface area (Å²) in [5.41, 5.74) is 3.18. The highest BCUT2D eigenvalue weighted by atomic mass is 32.2. The molecule has 0 bridgehead atoms. The number of hydrogen-bond acceptors (Lipinski definition) is 8. The SMILES string of the molecule is CCOc1ccc(NC(=O)CSC2=Nc3ccccc3C3=NC(=O)C(CC(=O)N4CCN(c5ccccc5)CC4)N23)cc1. The predicted octanol–water partition coefficient (Wildman–Crippen LogP) is 4.15. The first-order valence-electron chi connectivity index (χ1n) is 14.3. The number of aliphatic imine (C=N–C) groups is 2. The molecule has 11 heteroatoms. The summed E-state index contributed by atoms with van der Waals surface area (Å²) in [5, 5.41) is 3.36. The number of nitrogens with zero attached hydrogens (tertiary/aromatic N) is 5. The van der Waals surface area contributed by atoms with Gasteiger partial charge in [0.05, 0.1) is 24.5 Å². The van der Waals surface area contributed by atoms with Crippen molar-refractivity contribution in [3.05, 3.63) is 84.4 Å². The van der Waals surface area contributed by atoms with Gasteiger partial charge in [0, 0.05) is 43.1 Å². The molecule has 3 aliphatic heterocycles. The Kier molecular flexibility index (Phi) is 8.41. The summed E-state index contributed by atoms with van der Waals surface area (Å²) in [7, 11) is 0. The van der Waals surface area contributed by atoms with Crippen LogP contribution in [0.25, 0.3) is 0 Å². The summed E-state index contributed by atoms with van der Waals surface area (Å²) in [5.74, 6) is 0.567. The molecule has 0 radical (unpaired) electrons. The highest BCUT2D eigenvalue weighted by molar-refractivity contribution is 8.14. The Morgan fingerprint density at radius 1 is 0.930 bits per heavy atom. The second-order valence-electron chi connectivity index (χ2n) is 10.3. The topological polar surface area (TPSA) is 107 Å². The van der Waals surface area contributed by atoms with E-state index >= 15 is 0 Å². The lowest BCUT2D eigenvalue weighted by Gasteiger charge is -2.37. The minimum absolute atomic E-state index is 0.0166. The van der Waals surface area contributed by atoms with E-state index in [-0.39, 0.29) is 29.9 Å². The highest BCUT2D eigenvalue weighted by Gasteiger charge is 2.43. The number of para-hydroxylation sites is 2. The Morgan fingerprint density at radius 3 is 2.40 bits per heavy atom. The molecule has 6 rings (SSSR count). The summed E-state index contributed by atoms with van der Waals surface area (Å²) < 4.78 is 5.46. The Hall–Kier alpha value is -4.64. The number of anilines is 2. The predicted molar refractivity (Wildman–Crippen MR) is 169 cm³/mol. The van der Waals surface area contributed by atoms with E-state index in [0.29, 0.717) is 42.1 Å². The van der Waals surface area contributed by atoms with Crippen LogP contribution in [0.5, 0.6) is 5.75 Å². The Balaban J connectivity index is 1.13. The van der Waals surface area contributed by atoms with Crippen LogP contribution in [-0.2, 0) is 14.4 Å². The standard InChI is InChI=1S/C32H32N6O4S/c1-2-42-24-14-12-22(13-15-24)33-28(39)21-43-32-34-26-11-7-6-10-25(26)30-35-31(41)27(38(30)32)20-29(40)37-18-16-36(17-19-37)23-8-4-3-5-9-23/h3-15,27H,2,16-21H2,1H3,(H,33,39). The van der Waals surface area contributed by atoms with E-state index in [2.05, 4.69) is 27.3 Å². The van der Waals surface area contributed by atoms with Gasteiger partial charge < -0.3 is 19.9 Å². The van der Waals surface area contributed by atoms with Crippen molar-refractivity contribution in [2.24, 2.45) is 9.98 Å². The normalized spacial score (nSPS) is 17.6. The molecule has 3 aliphatic rings. The molecule has 0 spiro atoms. The van der Waals surface area contributed by atoms with Gasteiger partial charge in [0.25, 0.3) is 5.91 Å². The van der Waals surface area contributed by atoms with Gasteiger partial charge >= 0.3 is 0 Å². The van der Waals surface area contributed by atoms with E-state index in [1.54, 1.807) is 29.2 Å². The van der Waals surface area contributed by atoms with Gasteiger partial charge in [-0.3, -0.25) is 19.3 Å². The first kappa shape index (κ1) is 28.5. The number of thioether (sulfide) groups is 1. The van der Waals surface area contributed by atoms with Crippen LogP contribution < -0.4 is 15.0 Å². The van der Waals surface area contributed by atoms with Crippen LogP contribution in [0, 0.1) is 0 Å². The fourth-order valence-electron chi connectivity index (χ4n) is 5.38. The fraction of sp³-hybridized carbons (Fsp3) is 0.281. The molecule has 10 nitrogen and oxygen atoms in total. The van der Waals surface area contributed by atoms with Crippen LogP contribution in [0.4, 0.5) is 17.1 Å². The van der Waals surface area contributed by atoms with Crippen molar-refractivity contribution in [3.8, 4) is 5.75 Å². The Labute approximate surface area is 254 Å². The molecule has 3 amide bonds. The largest absolute Gasteiger partial charge is 0.494 e. The van der Waals surface area contributed by atoms with Gasteiger partial charge in [-0.15, -0.1) is 0 Å². The number of ether oxygens (including phenoxy) is 1. The molecule has 0 aliphatic carbocycles. The minimum Gasteiger partial charge on any atom is -0.494 e. The van der Waals surface area contributed by atoms with Crippen molar-refractivity contribution in [2.45, 2.75) is 19.4 Å². The Morgan fingerprint density at radius 2 is 1.65 bits per heavy atom. The summed E-state index contributed by atoms with van der Waals surface area (Å²) in [4.78, 5) is 54.5. The fourth-order valence-corrected chi connectivity index (χ4v) is 6.23. The van der Waals surface area contributed by atoms with Gasteiger partial charge in [-0.05, 0) is 55.5 Å². The number of carbonyl (C=O) groups is 3. The molecule has 0 aromatic heterocycles. The highest BCUT2D eigenvalue weighted by Crippen LogP contribution is 2.35. The average molecular weight is 597 g/mol. The smallest absolute Gasteiger partial charge is 0.271 e. The summed E-state index contributed by atoms with van der Waals surface area (Å²) in [6, 6.07) is 23.9. The van der Waals surface area contributed by atoms with Gasteiger partial charge in [-0.1, -0.05) is 42.1 Å². The number of amides is 3. The zero-order chi connectivity index (χ0) is 29.8. The van der Waals surface area contributed by atoms with Crippen LogP contribution in [0.3, 0.4) is 0 Å². The van der Waals surface area contributed by atoms with E-state index < -0.39 is 6.04 Å². The first-order valence-corrected chi connectivity index (χ1v) is 15.3. The zero-order valence-electron chi connectivity index (χ0n) is 23.8. The van der Waals surface area contributed by atoms with Gasteiger partial charge in [0.15, 0.2) is 5.17 Å². The van der Waals surface area contributed by atoms with Crippen LogP contribution in [-0.4, -0.2) is 83.1 Å². The van der Waals surface area contributed by atoms with Gasteiger partial charge in [0.2, 0.25) is 11.8 Å². The maximum absolute atomic E-state index is 13.5. The molecule has 43 heavy (non-hydrogen) atoms. The van der Waals surface area contributed by atoms with E-state index in [4.69, 9.17) is 9.73 Å². The summed E-state index contributed by atoms with van der Waals surface area (Å²) in [6.45, 7) is 5.07. The van der Waals surface area contributed by atoms with E-state index in [0.717, 1.165) is 30.1 Å². The summed E-state index contributed by atoms with van der Waals surface area (Å²) in [6.07, 6.45) is -0.0166. The molecule has 1 saturated heterocycles. The second-order valence-corrected chi connectivity index (χ2v) is 11.2. The van der Waals surface area contributed by atoms with Crippen molar-refractivity contribution in [1.82, 2.24) is 9.80 Å². The number of amidine groups is 2. The summed E-state index contributed by atoms with van der Waals surface area (Å²) >= 11 is 1.22. The lowest BCUT2D eigenvalue weighted by Crippen LogP contribution is -2.51. The van der Waals surface area contributed by atoms with Crippen LogP contribution in [0.1, 0.15) is 18.9 Å². The number of fused-ring (bicyclic) bond motifs is 3. The van der Waals surface area contributed by atoms with Crippen LogP contribution in [0.15, 0.2) is 88.8 Å². The van der Waals surface area contributed by atoms with Crippen molar-refractivity contribution in [3.63, 3.8) is 0 Å². The number of piperazine rings is 1. The third kappa shape index (κ3) is 6.26. The van der Waals surface area contributed by atoms with Crippen molar-refractivity contribution >= 4 is 57.5 Å². The number of hydrogen-bond donors (Lipinski definition) is 1. The molecule has 1 N–H and O–H groups in total. The second kappa shape index (κ2) is 12.7. The molecule has 3 aromatic carbocycles. The van der Waals surface area contributed by atoms with Gasteiger partial charge in [-0.25, -0.2) is 4.99 Å². The third-order valence-corrected chi connectivity index (χ3v) is 8.46. The maximum atomic E-state index is 13.5. The Bertz CT molecular complexity index is 1570. The van der Waals surface area contributed by atoms with Crippen molar-refractivity contribution in [1.29, 1.82) is 0 Å². The molecule has 3 heterocycles. The lowest BCUT2D eigenvalue weighted by atomic mass is 10.1. The average Bonchev–Trinajstić information content (AvgIpc) is 3.37. The molecule has 1 fully saturated rings. The van der Waals surface area contributed by atoms with E-state index in [1.807, 2.05) is 54.3 Å². The first-order chi connectivity index (χ1) is 21.0.